The number of imide groups is 1. The van der Waals surface area contributed by atoms with Crippen LogP contribution >= 0.6 is 35.0 Å². The normalized spacial score (nSPS) is 16.2. The second kappa shape index (κ2) is 10.4. The topological polar surface area (TPSA) is 55.8 Å². The molecule has 31 heavy (non-hydrogen) atoms. The molecule has 164 valence electrons. The summed E-state index contributed by atoms with van der Waals surface area (Å²) in [6.07, 6.45) is 2.35. The Bertz CT molecular complexity index is 1020. The van der Waals surface area contributed by atoms with E-state index in [2.05, 4.69) is 0 Å². The summed E-state index contributed by atoms with van der Waals surface area (Å²) < 4.78 is 11.6. The molecule has 1 fully saturated rings. The van der Waals surface area contributed by atoms with Crippen LogP contribution in [0.1, 0.15) is 38.3 Å². The largest absolute Gasteiger partial charge is 0.490 e. The van der Waals surface area contributed by atoms with Gasteiger partial charge < -0.3 is 9.47 Å². The molecule has 3 rings (SSSR count). The third-order valence-corrected chi connectivity index (χ3v) is 6.35. The average molecular weight is 480 g/mol. The third-order valence-electron chi connectivity index (χ3n) is 4.81. The highest BCUT2D eigenvalue weighted by atomic mass is 35.5. The predicted molar refractivity (Wildman–Crippen MR) is 126 cm³/mol. The van der Waals surface area contributed by atoms with Crippen LogP contribution in [0.3, 0.4) is 0 Å². The van der Waals surface area contributed by atoms with Gasteiger partial charge in [0.2, 0.25) is 0 Å². The van der Waals surface area contributed by atoms with Crippen LogP contribution in [0.5, 0.6) is 11.5 Å². The van der Waals surface area contributed by atoms with Gasteiger partial charge in [0.25, 0.3) is 11.1 Å². The number of nitrogens with zero attached hydrogens (tertiary/aromatic N) is 1. The van der Waals surface area contributed by atoms with Gasteiger partial charge in [-0.25, -0.2) is 0 Å². The molecule has 0 aliphatic carbocycles. The molecule has 0 aromatic heterocycles. The Morgan fingerprint density at radius 2 is 1.84 bits per heavy atom. The molecular weight excluding hydrogens is 457 g/mol. The van der Waals surface area contributed by atoms with Crippen molar-refractivity contribution in [3.63, 3.8) is 0 Å². The van der Waals surface area contributed by atoms with Crippen LogP contribution < -0.4 is 9.47 Å². The highest BCUT2D eigenvalue weighted by molar-refractivity contribution is 8.18. The van der Waals surface area contributed by atoms with Crippen LogP contribution in [-0.4, -0.2) is 28.7 Å². The van der Waals surface area contributed by atoms with Gasteiger partial charge in [-0.05, 0) is 61.9 Å². The van der Waals surface area contributed by atoms with Gasteiger partial charge in [-0.1, -0.05) is 48.3 Å². The third kappa shape index (κ3) is 5.37. The van der Waals surface area contributed by atoms with E-state index in [1.165, 1.54) is 4.90 Å². The fourth-order valence-corrected chi connectivity index (χ4v) is 4.43. The van der Waals surface area contributed by atoms with E-state index in [-0.39, 0.29) is 23.8 Å². The van der Waals surface area contributed by atoms with Crippen LogP contribution in [0.15, 0.2) is 41.3 Å². The van der Waals surface area contributed by atoms with Crippen LogP contribution in [-0.2, 0) is 11.4 Å². The number of hydrogen-bond donors (Lipinski definition) is 0. The summed E-state index contributed by atoms with van der Waals surface area (Å²) in [5, 5.41) is 0.678. The fraction of sp³-hybridized carbons (Fsp3) is 0.304. The summed E-state index contributed by atoms with van der Waals surface area (Å²) in [6, 6.07) is 10.7. The molecule has 1 aliphatic heterocycles. The minimum absolute atomic E-state index is 0.151. The summed E-state index contributed by atoms with van der Waals surface area (Å²) in [5.74, 6) is 0.556. The van der Waals surface area contributed by atoms with Gasteiger partial charge in [0.1, 0.15) is 6.61 Å². The molecule has 2 aromatic rings. The van der Waals surface area contributed by atoms with E-state index in [0.717, 1.165) is 17.3 Å². The summed E-state index contributed by atoms with van der Waals surface area (Å²) in [7, 11) is 0. The van der Waals surface area contributed by atoms with Crippen LogP contribution in [0.4, 0.5) is 4.79 Å². The highest BCUT2D eigenvalue weighted by Crippen LogP contribution is 2.40. The van der Waals surface area contributed by atoms with Crippen molar-refractivity contribution in [2.24, 2.45) is 0 Å². The predicted octanol–water partition coefficient (Wildman–Crippen LogP) is 6.81. The summed E-state index contributed by atoms with van der Waals surface area (Å²) in [6.45, 7) is 6.29. The summed E-state index contributed by atoms with van der Waals surface area (Å²) in [5.41, 5.74) is 1.47. The number of carbonyl (C=O) groups is 2. The number of rotatable bonds is 8. The molecule has 1 atom stereocenters. The molecule has 1 saturated heterocycles. The number of benzene rings is 2. The Labute approximate surface area is 196 Å². The van der Waals surface area contributed by atoms with Crippen LogP contribution in [0.2, 0.25) is 10.0 Å². The molecule has 8 heteroatoms. The highest BCUT2D eigenvalue weighted by Gasteiger charge is 2.37. The lowest BCUT2D eigenvalue weighted by Crippen LogP contribution is -2.36. The zero-order valence-corrected chi connectivity index (χ0v) is 19.8. The van der Waals surface area contributed by atoms with Crippen LogP contribution in [0.25, 0.3) is 6.08 Å². The van der Waals surface area contributed by atoms with Crippen molar-refractivity contribution in [2.75, 3.05) is 6.61 Å². The number of thioether (sulfide) groups is 1. The van der Waals surface area contributed by atoms with E-state index in [4.69, 9.17) is 32.7 Å². The van der Waals surface area contributed by atoms with Crippen LogP contribution in [0, 0.1) is 0 Å². The molecule has 0 unspecified atom stereocenters. The SMILES string of the molecule is CCOc1cc(/C=C2/SC(=O)N([C@H](C)CC)C2=O)cc(Cl)c1OCc1ccccc1Cl. The van der Waals surface area contributed by atoms with Gasteiger partial charge >= 0.3 is 0 Å². The maximum absolute atomic E-state index is 12.7. The first-order valence-corrected chi connectivity index (χ1v) is 11.5. The molecule has 0 N–H and O–H groups in total. The van der Waals surface area contributed by atoms with E-state index in [1.54, 1.807) is 24.3 Å². The zero-order chi connectivity index (χ0) is 22.5. The Hall–Kier alpha value is -2.15. The minimum Gasteiger partial charge on any atom is -0.490 e. The maximum Gasteiger partial charge on any atom is 0.293 e. The summed E-state index contributed by atoms with van der Waals surface area (Å²) >= 11 is 13.6. The molecule has 2 aromatic carbocycles. The van der Waals surface area contributed by atoms with E-state index in [0.29, 0.717) is 45.0 Å². The Morgan fingerprint density at radius 3 is 2.52 bits per heavy atom. The molecule has 2 amide bonds. The monoisotopic (exact) mass is 479 g/mol. The number of halogens is 2. The van der Waals surface area contributed by atoms with Gasteiger partial charge in [0.05, 0.1) is 16.5 Å². The van der Waals surface area contributed by atoms with Crippen molar-refractivity contribution >= 4 is 52.2 Å². The van der Waals surface area contributed by atoms with Crippen molar-refractivity contribution in [2.45, 2.75) is 39.8 Å². The number of ether oxygens (including phenoxy) is 2. The van der Waals surface area contributed by atoms with Crippen molar-refractivity contribution < 1.29 is 19.1 Å². The van der Waals surface area contributed by atoms with E-state index in [1.807, 2.05) is 39.0 Å². The lowest BCUT2D eigenvalue weighted by molar-refractivity contribution is -0.124. The van der Waals surface area contributed by atoms with E-state index < -0.39 is 0 Å². The van der Waals surface area contributed by atoms with Crippen molar-refractivity contribution in [3.8, 4) is 11.5 Å². The van der Waals surface area contributed by atoms with Crippen molar-refractivity contribution in [3.05, 3.63) is 62.5 Å². The minimum atomic E-state index is -0.294. The summed E-state index contributed by atoms with van der Waals surface area (Å²) in [4.78, 5) is 26.6. The standard InChI is InChI=1S/C23H23Cl2NO4S/c1-4-14(3)26-22(27)20(31-23(26)28)12-15-10-18(25)21(19(11-15)29-5-2)30-13-16-8-6-7-9-17(16)24/h6-12,14H,4-5,13H2,1-3H3/b20-12+/t14-/m1/s1. The number of amides is 2. The molecule has 5 nitrogen and oxygen atoms in total. The number of hydrogen-bond acceptors (Lipinski definition) is 5. The second-order valence-electron chi connectivity index (χ2n) is 6.95. The molecule has 1 aliphatic rings. The second-order valence-corrected chi connectivity index (χ2v) is 8.76. The first-order valence-electron chi connectivity index (χ1n) is 9.95. The van der Waals surface area contributed by atoms with Gasteiger partial charge in [-0.2, -0.15) is 0 Å². The smallest absolute Gasteiger partial charge is 0.293 e. The molecule has 0 radical (unpaired) electrons. The fourth-order valence-electron chi connectivity index (χ4n) is 3.03. The average Bonchev–Trinajstić information content (AvgIpc) is 3.01. The lowest BCUT2D eigenvalue weighted by atomic mass is 10.1. The molecule has 0 saturated carbocycles. The van der Waals surface area contributed by atoms with Gasteiger partial charge in [0.15, 0.2) is 11.5 Å². The Kier molecular flexibility index (Phi) is 7.92. The van der Waals surface area contributed by atoms with Gasteiger partial charge in [0, 0.05) is 16.6 Å². The molecule has 1 heterocycles. The Morgan fingerprint density at radius 1 is 1.10 bits per heavy atom. The van der Waals surface area contributed by atoms with Crippen molar-refractivity contribution in [1.82, 2.24) is 4.90 Å². The quantitative estimate of drug-likeness (QED) is 0.389. The van der Waals surface area contributed by atoms with E-state index in [9.17, 15) is 9.59 Å². The zero-order valence-electron chi connectivity index (χ0n) is 17.5. The first kappa shape index (κ1) is 23.5. The first-order chi connectivity index (χ1) is 14.8. The number of carbonyl (C=O) groups excluding carboxylic acids is 2. The van der Waals surface area contributed by atoms with Crippen molar-refractivity contribution in [1.29, 1.82) is 0 Å². The van der Waals surface area contributed by atoms with Gasteiger partial charge in [-0.3, -0.25) is 14.5 Å². The molecular formula is C23H23Cl2NO4S. The van der Waals surface area contributed by atoms with Gasteiger partial charge in [-0.15, -0.1) is 0 Å². The maximum atomic E-state index is 12.7. The lowest BCUT2D eigenvalue weighted by Gasteiger charge is -2.19. The Balaban J connectivity index is 1.88. The van der Waals surface area contributed by atoms with E-state index >= 15 is 0 Å². The molecule has 0 spiro atoms. The molecule has 0 bridgehead atoms.